The van der Waals surface area contributed by atoms with E-state index in [4.69, 9.17) is 4.74 Å². The summed E-state index contributed by atoms with van der Waals surface area (Å²) in [5, 5.41) is 15.1. The van der Waals surface area contributed by atoms with Gasteiger partial charge in [-0.2, -0.15) is 0 Å². The predicted molar refractivity (Wildman–Crippen MR) is 134 cm³/mol. The third kappa shape index (κ3) is 8.49. The van der Waals surface area contributed by atoms with Crippen molar-refractivity contribution in [3.63, 3.8) is 0 Å². The van der Waals surface area contributed by atoms with Gasteiger partial charge in [-0.1, -0.05) is 55.3 Å². The standard InChI is InChI=1S/C28H40N2O5/c1-21(19-31)29-25(32)18-23-13-7-2-3-8-14-24(17-22-11-5-4-6-12-22)27(34)35-20-28(30-26(23)33)15-9-10-16-28/h2,4-7,11-12,21,23-24,31H,3,8-10,13-20H2,1H3,(H,29,32)(H,30,33). The number of esters is 1. The molecule has 1 fully saturated rings. The molecule has 3 atom stereocenters. The Morgan fingerprint density at radius 1 is 1.14 bits per heavy atom. The van der Waals surface area contributed by atoms with Crippen LogP contribution in [0.5, 0.6) is 0 Å². The molecule has 35 heavy (non-hydrogen) atoms. The fourth-order valence-corrected chi connectivity index (χ4v) is 5.00. The zero-order valence-electron chi connectivity index (χ0n) is 20.8. The minimum atomic E-state index is -0.578. The van der Waals surface area contributed by atoms with E-state index in [9.17, 15) is 19.5 Å². The van der Waals surface area contributed by atoms with Gasteiger partial charge in [-0.3, -0.25) is 14.4 Å². The highest BCUT2D eigenvalue weighted by molar-refractivity contribution is 5.86. The molecule has 3 unspecified atom stereocenters. The number of allylic oxidation sites excluding steroid dienone is 2. The summed E-state index contributed by atoms with van der Waals surface area (Å²) in [6.45, 7) is 1.74. The van der Waals surface area contributed by atoms with Gasteiger partial charge in [0.25, 0.3) is 0 Å². The summed E-state index contributed by atoms with van der Waals surface area (Å²) in [6, 6.07) is 9.65. The first-order valence-corrected chi connectivity index (χ1v) is 13.0. The number of amides is 2. The van der Waals surface area contributed by atoms with Gasteiger partial charge in [0.1, 0.15) is 6.61 Å². The van der Waals surface area contributed by atoms with Crippen LogP contribution in [0.4, 0.5) is 0 Å². The molecule has 2 aliphatic rings. The average Bonchev–Trinajstić information content (AvgIpc) is 3.31. The molecule has 1 spiro atoms. The number of carbonyl (C=O) groups is 3. The smallest absolute Gasteiger partial charge is 0.309 e. The second-order valence-corrected chi connectivity index (χ2v) is 10.2. The lowest BCUT2D eigenvalue weighted by Gasteiger charge is -2.32. The quantitative estimate of drug-likeness (QED) is 0.424. The van der Waals surface area contributed by atoms with Crippen molar-refractivity contribution in [3.8, 4) is 0 Å². The SMILES string of the molecule is CC(CO)NC(=O)CC1CC=CCCCC(Cc2ccccc2)C(=O)OCC2(CCCC2)NC1=O. The zero-order chi connectivity index (χ0) is 25.1. The van der Waals surface area contributed by atoms with Crippen LogP contribution in [0.25, 0.3) is 0 Å². The zero-order valence-corrected chi connectivity index (χ0v) is 20.8. The predicted octanol–water partition coefficient (Wildman–Crippen LogP) is 3.45. The maximum Gasteiger partial charge on any atom is 0.309 e. The van der Waals surface area contributed by atoms with Crippen LogP contribution >= 0.6 is 0 Å². The molecule has 3 rings (SSSR count). The Bertz CT molecular complexity index is 863. The molecule has 0 radical (unpaired) electrons. The highest BCUT2D eigenvalue weighted by atomic mass is 16.5. The molecule has 0 aromatic heterocycles. The number of carbonyl (C=O) groups excluding carboxylic acids is 3. The number of hydrogen-bond acceptors (Lipinski definition) is 5. The molecule has 0 bridgehead atoms. The lowest BCUT2D eigenvalue weighted by Crippen LogP contribution is -2.52. The van der Waals surface area contributed by atoms with Crippen LogP contribution in [0.15, 0.2) is 42.5 Å². The van der Waals surface area contributed by atoms with E-state index in [0.717, 1.165) is 50.5 Å². The molecule has 192 valence electrons. The largest absolute Gasteiger partial charge is 0.463 e. The van der Waals surface area contributed by atoms with Gasteiger partial charge in [0.15, 0.2) is 0 Å². The van der Waals surface area contributed by atoms with Gasteiger partial charge in [-0.25, -0.2) is 0 Å². The minimum Gasteiger partial charge on any atom is -0.463 e. The van der Waals surface area contributed by atoms with Gasteiger partial charge >= 0.3 is 5.97 Å². The number of aliphatic hydroxyl groups excluding tert-OH is 1. The first-order chi connectivity index (χ1) is 16.9. The Labute approximate surface area is 208 Å². The van der Waals surface area contributed by atoms with Gasteiger partial charge < -0.3 is 20.5 Å². The van der Waals surface area contributed by atoms with Crippen molar-refractivity contribution in [2.45, 2.75) is 82.7 Å². The van der Waals surface area contributed by atoms with Gasteiger partial charge in [0.05, 0.1) is 24.0 Å². The summed E-state index contributed by atoms with van der Waals surface area (Å²) in [7, 11) is 0. The second-order valence-electron chi connectivity index (χ2n) is 10.2. The van der Waals surface area contributed by atoms with Crippen molar-refractivity contribution < 1.29 is 24.2 Å². The van der Waals surface area contributed by atoms with Crippen molar-refractivity contribution in [2.75, 3.05) is 13.2 Å². The second kappa shape index (κ2) is 13.4. The van der Waals surface area contributed by atoms with Crippen molar-refractivity contribution in [1.82, 2.24) is 10.6 Å². The number of benzene rings is 1. The molecular formula is C28H40N2O5. The lowest BCUT2D eigenvalue weighted by molar-refractivity contribution is -0.152. The van der Waals surface area contributed by atoms with E-state index in [2.05, 4.69) is 10.6 Å². The summed E-state index contributed by atoms with van der Waals surface area (Å²) in [5.74, 6) is -1.37. The van der Waals surface area contributed by atoms with Gasteiger partial charge in [0.2, 0.25) is 11.8 Å². The van der Waals surface area contributed by atoms with Crippen molar-refractivity contribution >= 4 is 17.8 Å². The maximum absolute atomic E-state index is 13.3. The molecule has 2 amide bonds. The molecular weight excluding hydrogens is 444 g/mol. The van der Waals surface area contributed by atoms with Crippen LogP contribution in [-0.2, 0) is 25.5 Å². The third-order valence-electron chi connectivity index (χ3n) is 7.09. The van der Waals surface area contributed by atoms with Gasteiger partial charge in [-0.05, 0) is 57.4 Å². The lowest BCUT2D eigenvalue weighted by atomic mass is 9.92. The van der Waals surface area contributed by atoms with Crippen LogP contribution in [0, 0.1) is 11.8 Å². The fourth-order valence-electron chi connectivity index (χ4n) is 5.00. The monoisotopic (exact) mass is 484 g/mol. The molecule has 3 N–H and O–H groups in total. The molecule has 0 saturated heterocycles. The van der Waals surface area contributed by atoms with Crippen LogP contribution in [-0.4, -0.2) is 47.7 Å². The molecule has 1 saturated carbocycles. The summed E-state index contributed by atoms with van der Waals surface area (Å²) in [5.41, 5.74) is 0.539. The van der Waals surface area contributed by atoms with Crippen LogP contribution < -0.4 is 10.6 Å². The normalized spacial score (nSPS) is 24.3. The summed E-state index contributed by atoms with van der Waals surface area (Å²) in [6.07, 6.45) is 11.0. The number of hydrogen-bond donors (Lipinski definition) is 3. The molecule has 7 nitrogen and oxygen atoms in total. The van der Waals surface area contributed by atoms with Gasteiger partial charge in [-0.15, -0.1) is 0 Å². The minimum absolute atomic E-state index is 0.0511. The Balaban J connectivity index is 1.74. The Morgan fingerprint density at radius 3 is 2.60 bits per heavy atom. The van der Waals surface area contributed by atoms with E-state index in [-0.39, 0.29) is 49.4 Å². The van der Waals surface area contributed by atoms with Crippen LogP contribution in [0.2, 0.25) is 0 Å². The van der Waals surface area contributed by atoms with E-state index >= 15 is 0 Å². The Hall–Kier alpha value is -2.67. The molecule has 1 aliphatic heterocycles. The first kappa shape index (κ1) is 26.9. The summed E-state index contributed by atoms with van der Waals surface area (Å²) in [4.78, 5) is 38.9. The molecule has 1 heterocycles. The average molecular weight is 485 g/mol. The molecule has 7 heteroatoms. The van der Waals surface area contributed by atoms with E-state index in [1.165, 1.54) is 0 Å². The number of rotatable bonds is 6. The highest BCUT2D eigenvalue weighted by Crippen LogP contribution is 2.31. The van der Waals surface area contributed by atoms with E-state index in [0.29, 0.717) is 12.8 Å². The van der Waals surface area contributed by atoms with E-state index < -0.39 is 11.5 Å². The van der Waals surface area contributed by atoms with Crippen molar-refractivity contribution in [2.24, 2.45) is 11.8 Å². The number of nitrogens with one attached hydrogen (secondary N) is 2. The molecule has 1 aromatic carbocycles. The van der Waals surface area contributed by atoms with E-state index in [1.807, 2.05) is 42.5 Å². The number of aliphatic hydroxyl groups is 1. The number of ether oxygens (including phenoxy) is 1. The summed E-state index contributed by atoms with van der Waals surface area (Å²) >= 11 is 0. The van der Waals surface area contributed by atoms with Crippen LogP contribution in [0.3, 0.4) is 0 Å². The third-order valence-corrected chi connectivity index (χ3v) is 7.09. The topological polar surface area (TPSA) is 105 Å². The Kier molecular flexibility index (Phi) is 10.3. The fraction of sp³-hybridized carbons (Fsp3) is 0.607. The highest BCUT2D eigenvalue weighted by Gasteiger charge is 2.39. The first-order valence-electron chi connectivity index (χ1n) is 13.0. The van der Waals surface area contributed by atoms with E-state index in [1.54, 1.807) is 6.92 Å². The van der Waals surface area contributed by atoms with Gasteiger partial charge in [0, 0.05) is 12.5 Å². The van der Waals surface area contributed by atoms with Crippen molar-refractivity contribution in [1.29, 1.82) is 0 Å². The summed E-state index contributed by atoms with van der Waals surface area (Å²) < 4.78 is 5.86. The Morgan fingerprint density at radius 2 is 1.89 bits per heavy atom. The van der Waals surface area contributed by atoms with Crippen molar-refractivity contribution in [3.05, 3.63) is 48.0 Å². The van der Waals surface area contributed by atoms with Crippen LogP contribution in [0.1, 0.15) is 70.3 Å². The molecule has 1 aliphatic carbocycles. The number of cyclic esters (lactones) is 1. The maximum atomic E-state index is 13.3. The molecule has 1 aromatic rings.